The Hall–Kier alpha value is -1.39. The summed E-state index contributed by atoms with van der Waals surface area (Å²) < 4.78 is 2.34. The molecular weight excluding hydrogens is 320 g/mol. The number of nitrogens with one attached hydrogen (secondary N) is 1. The van der Waals surface area contributed by atoms with Gasteiger partial charge in [-0.15, -0.1) is 11.3 Å². The van der Waals surface area contributed by atoms with Gasteiger partial charge in [0.05, 0.1) is 16.1 Å². The number of hydrogen-bond acceptors (Lipinski definition) is 3. The van der Waals surface area contributed by atoms with E-state index in [9.17, 15) is 0 Å². The maximum absolute atomic E-state index is 4.80. The molecule has 1 aromatic heterocycles. The van der Waals surface area contributed by atoms with Gasteiger partial charge in [0, 0.05) is 16.7 Å². The van der Waals surface area contributed by atoms with E-state index in [1.54, 1.807) is 11.3 Å². The van der Waals surface area contributed by atoms with Gasteiger partial charge in [0.2, 0.25) is 0 Å². The van der Waals surface area contributed by atoms with E-state index in [-0.39, 0.29) is 0 Å². The summed E-state index contributed by atoms with van der Waals surface area (Å²) in [7, 11) is 0. The quantitative estimate of drug-likeness (QED) is 0.704. The lowest BCUT2D eigenvalue weighted by atomic mass is 10.0. The third-order valence-electron chi connectivity index (χ3n) is 3.50. The van der Waals surface area contributed by atoms with Crippen LogP contribution >= 0.6 is 27.3 Å². The Labute approximate surface area is 123 Å². The first kappa shape index (κ1) is 11.4. The molecule has 4 heteroatoms. The predicted molar refractivity (Wildman–Crippen MR) is 84.1 cm³/mol. The fraction of sp³-hybridized carbons (Fsp3) is 0.133. The number of nitrogens with zero attached hydrogens (tertiary/aromatic N) is 1. The summed E-state index contributed by atoms with van der Waals surface area (Å²) in [6.45, 7) is 0.945. The molecule has 2 aromatic carbocycles. The molecule has 1 aliphatic rings. The monoisotopic (exact) mass is 330 g/mol. The molecule has 0 saturated heterocycles. The molecule has 1 atom stereocenters. The number of benzene rings is 2. The van der Waals surface area contributed by atoms with Crippen LogP contribution in [-0.2, 0) is 0 Å². The van der Waals surface area contributed by atoms with Crippen LogP contribution < -0.4 is 5.32 Å². The smallest absolute Gasteiger partial charge is 0.103 e. The normalized spacial score (nSPS) is 17.4. The maximum Gasteiger partial charge on any atom is 0.103 e. The van der Waals surface area contributed by atoms with E-state index in [1.165, 1.54) is 21.0 Å². The fourth-order valence-corrected chi connectivity index (χ4v) is 3.99. The Bertz CT molecular complexity index is 766. The summed E-state index contributed by atoms with van der Waals surface area (Å²) in [5.74, 6) is 0.382. The van der Waals surface area contributed by atoms with Gasteiger partial charge in [0.1, 0.15) is 5.01 Å². The van der Waals surface area contributed by atoms with Crippen molar-refractivity contribution < 1.29 is 0 Å². The number of halogens is 1. The lowest BCUT2D eigenvalue weighted by Crippen LogP contribution is -2.02. The van der Waals surface area contributed by atoms with Gasteiger partial charge in [-0.2, -0.15) is 0 Å². The molecular formula is C15H11BrN2S. The Morgan fingerprint density at radius 3 is 3.05 bits per heavy atom. The van der Waals surface area contributed by atoms with Crippen LogP contribution in [0.15, 0.2) is 46.9 Å². The molecule has 4 rings (SSSR count). The zero-order chi connectivity index (χ0) is 12.8. The number of aromatic nitrogens is 1. The van der Waals surface area contributed by atoms with Gasteiger partial charge in [-0.25, -0.2) is 4.98 Å². The van der Waals surface area contributed by atoms with Crippen LogP contribution in [0.4, 0.5) is 5.69 Å². The summed E-state index contributed by atoms with van der Waals surface area (Å²) in [6.07, 6.45) is 0. The van der Waals surface area contributed by atoms with Crippen LogP contribution in [0.1, 0.15) is 16.5 Å². The molecule has 0 saturated carbocycles. The summed E-state index contributed by atoms with van der Waals surface area (Å²) >= 11 is 5.30. The molecule has 0 fully saturated rings. The number of para-hydroxylation sites is 1. The van der Waals surface area contributed by atoms with Crippen LogP contribution in [0.5, 0.6) is 0 Å². The first-order valence-electron chi connectivity index (χ1n) is 6.20. The van der Waals surface area contributed by atoms with Gasteiger partial charge in [-0.1, -0.05) is 34.1 Å². The molecule has 94 valence electrons. The number of fused-ring (bicyclic) bond motifs is 2. The van der Waals surface area contributed by atoms with Gasteiger partial charge in [0.15, 0.2) is 0 Å². The Morgan fingerprint density at radius 1 is 1.21 bits per heavy atom. The molecule has 1 N–H and O–H groups in total. The summed E-state index contributed by atoms with van der Waals surface area (Å²) in [5.41, 5.74) is 3.69. The highest BCUT2D eigenvalue weighted by molar-refractivity contribution is 9.10. The van der Waals surface area contributed by atoms with Crippen molar-refractivity contribution >= 4 is 43.2 Å². The van der Waals surface area contributed by atoms with Crippen molar-refractivity contribution in [2.45, 2.75) is 5.92 Å². The van der Waals surface area contributed by atoms with Crippen LogP contribution in [0, 0.1) is 0 Å². The second kappa shape index (κ2) is 4.32. The van der Waals surface area contributed by atoms with Crippen molar-refractivity contribution in [1.82, 2.24) is 4.98 Å². The van der Waals surface area contributed by atoms with Crippen molar-refractivity contribution in [3.63, 3.8) is 0 Å². The molecule has 1 aliphatic heterocycles. The largest absolute Gasteiger partial charge is 0.384 e. The van der Waals surface area contributed by atoms with E-state index in [4.69, 9.17) is 4.98 Å². The van der Waals surface area contributed by atoms with Crippen LogP contribution in [-0.4, -0.2) is 11.5 Å². The molecule has 0 amide bonds. The second-order valence-electron chi connectivity index (χ2n) is 4.68. The highest BCUT2D eigenvalue weighted by atomic mass is 79.9. The minimum atomic E-state index is 0.382. The zero-order valence-corrected chi connectivity index (χ0v) is 12.5. The first-order valence-corrected chi connectivity index (χ1v) is 7.81. The Balaban J connectivity index is 1.83. The van der Waals surface area contributed by atoms with E-state index in [0.29, 0.717) is 5.92 Å². The Morgan fingerprint density at radius 2 is 2.11 bits per heavy atom. The van der Waals surface area contributed by atoms with Crippen molar-refractivity contribution in [3.8, 4) is 0 Å². The fourth-order valence-electron chi connectivity index (χ4n) is 2.57. The van der Waals surface area contributed by atoms with Crippen molar-refractivity contribution in [2.75, 3.05) is 11.9 Å². The highest BCUT2D eigenvalue weighted by Crippen LogP contribution is 2.39. The minimum Gasteiger partial charge on any atom is -0.384 e. The number of thiazole rings is 1. The average molecular weight is 331 g/mol. The van der Waals surface area contributed by atoms with Crippen LogP contribution in [0.2, 0.25) is 0 Å². The molecule has 3 aromatic rings. The summed E-state index contributed by atoms with van der Waals surface area (Å²) in [6, 6.07) is 14.8. The molecule has 0 spiro atoms. The van der Waals surface area contributed by atoms with E-state index in [2.05, 4.69) is 63.7 Å². The van der Waals surface area contributed by atoms with Gasteiger partial charge >= 0.3 is 0 Å². The highest BCUT2D eigenvalue weighted by Gasteiger charge is 2.25. The van der Waals surface area contributed by atoms with E-state index < -0.39 is 0 Å². The first-order chi connectivity index (χ1) is 9.31. The lowest BCUT2D eigenvalue weighted by molar-refractivity contribution is 0.896. The standard InChI is InChI=1S/C15H11BrN2S/c16-9-5-6-14-13(7-9)18-15(19-14)11-8-17-12-4-2-1-3-10(11)12/h1-7,11,17H,8H2. The van der Waals surface area contributed by atoms with E-state index >= 15 is 0 Å². The topological polar surface area (TPSA) is 24.9 Å². The molecule has 1 unspecified atom stereocenters. The summed E-state index contributed by atoms with van der Waals surface area (Å²) in [4.78, 5) is 4.80. The van der Waals surface area contributed by atoms with Crippen molar-refractivity contribution in [1.29, 1.82) is 0 Å². The third-order valence-corrected chi connectivity index (χ3v) is 5.14. The van der Waals surface area contributed by atoms with Crippen molar-refractivity contribution in [3.05, 3.63) is 57.5 Å². The van der Waals surface area contributed by atoms with Gasteiger partial charge in [-0.3, -0.25) is 0 Å². The average Bonchev–Trinajstić information content (AvgIpc) is 3.00. The number of anilines is 1. The molecule has 19 heavy (non-hydrogen) atoms. The second-order valence-corrected chi connectivity index (χ2v) is 6.66. The van der Waals surface area contributed by atoms with Gasteiger partial charge in [0.25, 0.3) is 0 Å². The zero-order valence-electron chi connectivity index (χ0n) is 10.1. The predicted octanol–water partition coefficient (Wildman–Crippen LogP) is 4.62. The van der Waals surface area contributed by atoms with E-state index in [0.717, 1.165) is 16.5 Å². The minimum absolute atomic E-state index is 0.382. The number of rotatable bonds is 1. The number of hydrogen-bond donors (Lipinski definition) is 1. The van der Waals surface area contributed by atoms with Crippen LogP contribution in [0.25, 0.3) is 10.2 Å². The van der Waals surface area contributed by atoms with Gasteiger partial charge in [-0.05, 0) is 29.8 Å². The third kappa shape index (κ3) is 1.86. The van der Waals surface area contributed by atoms with Crippen LogP contribution in [0.3, 0.4) is 0 Å². The molecule has 2 heterocycles. The summed E-state index contributed by atoms with van der Waals surface area (Å²) in [5, 5.41) is 4.66. The van der Waals surface area contributed by atoms with E-state index in [1.807, 2.05) is 0 Å². The van der Waals surface area contributed by atoms with Gasteiger partial charge < -0.3 is 5.32 Å². The maximum atomic E-state index is 4.80. The molecule has 0 aliphatic carbocycles. The van der Waals surface area contributed by atoms with Crippen molar-refractivity contribution in [2.24, 2.45) is 0 Å². The molecule has 2 nitrogen and oxygen atoms in total. The molecule has 0 radical (unpaired) electrons. The SMILES string of the molecule is Brc1ccc2sc(C3CNc4ccccc43)nc2c1. The molecule has 0 bridgehead atoms. The Kier molecular flexibility index (Phi) is 2.60. The lowest BCUT2D eigenvalue weighted by Gasteiger charge is -2.05.